The fraction of sp³-hybridized carbons (Fsp3) is 0.375. The number of nitrogens with one attached hydrogen (secondary N) is 1. The summed E-state index contributed by atoms with van der Waals surface area (Å²) in [5, 5.41) is 5.48. The van der Waals surface area contributed by atoms with Crippen LogP contribution in [0.25, 0.3) is 0 Å². The van der Waals surface area contributed by atoms with E-state index in [1.165, 1.54) is 24.2 Å². The number of aromatic nitrogens is 1. The number of carbonyl (C=O) groups is 1. The van der Waals surface area contributed by atoms with E-state index in [1.807, 2.05) is 24.3 Å². The van der Waals surface area contributed by atoms with E-state index in [-0.39, 0.29) is 5.91 Å². The number of hydrogen-bond acceptors (Lipinski definition) is 5. The summed E-state index contributed by atoms with van der Waals surface area (Å²) in [5.41, 5.74) is 6.65. The van der Waals surface area contributed by atoms with E-state index >= 15 is 0 Å². The van der Waals surface area contributed by atoms with Gasteiger partial charge in [-0.3, -0.25) is 4.79 Å². The SMILES string of the molecule is NCCc1nc(C(=O)Nc2ccc(OCC3CC3)cc2)cs1. The molecule has 1 aromatic carbocycles. The van der Waals surface area contributed by atoms with Crippen molar-refractivity contribution < 1.29 is 9.53 Å². The molecule has 116 valence electrons. The van der Waals surface area contributed by atoms with Gasteiger partial charge in [-0.15, -0.1) is 11.3 Å². The number of amides is 1. The molecular weight excluding hydrogens is 298 g/mol. The van der Waals surface area contributed by atoms with Crippen molar-refractivity contribution in [3.8, 4) is 5.75 Å². The molecule has 1 fully saturated rings. The van der Waals surface area contributed by atoms with Crippen LogP contribution in [-0.4, -0.2) is 24.0 Å². The Morgan fingerprint density at radius 2 is 2.14 bits per heavy atom. The van der Waals surface area contributed by atoms with Gasteiger partial charge in [0, 0.05) is 17.5 Å². The van der Waals surface area contributed by atoms with Gasteiger partial charge in [-0.25, -0.2) is 4.98 Å². The molecule has 0 radical (unpaired) electrons. The van der Waals surface area contributed by atoms with Crippen molar-refractivity contribution in [1.29, 1.82) is 0 Å². The molecule has 2 aromatic rings. The highest BCUT2D eigenvalue weighted by molar-refractivity contribution is 7.09. The topological polar surface area (TPSA) is 77.2 Å². The van der Waals surface area contributed by atoms with Crippen LogP contribution in [0.3, 0.4) is 0 Å². The lowest BCUT2D eigenvalue weighted by Crippen LogP contribution is -2.12. The second-order valence-electron chi connectivity index (χ2n) is 5.40. The first kappa shape index (κ1) is 15.0. The summed E-state index contributed by atoms with van der Waals surface area (Å²) in [6.45, 7) is 1.32. The Morgan fingerprint density at radius 3 is 2.82 bits per heavy atom. The van der Waals surface area contributed by atoms with Crippen LogP contribution in [0.1, 0.15) is 28.3 Å². The molecule has 0 spiro atoms. The van der Waals surface area contributed by atoms with Crippen molar-refractivity contribution in [2.45, 2.75) is 19.3 Å². The van der Waals surface area contributed by atoms with Gasteiger partial charge in [0.2, 0.25) is 0 Å². The Kier molecular flexibility index (Phi) is 4.70. The smallest absolute Gasteiger partial charge is 0.275 e. The van der Waals surface area contributed by atoms with Crippen LogP contribution in [0.15, 0.2) is 29.6 Å². The highest BCUT2D eigenvalue weighted by atomic mass is 32.1. The second-order valence-corrected chi connectivity index (χ2v) is 6.34. The van der Waals surface area contributed by atoms with E-state index in [1.54, 1.807) is 5.38 Å². The van der Waals surface area contributed by atoms with Crippen LogP contribution in [0.5, 0.6) is 5.75 Å². The molecule has 3 N–H and O–H groups in total. The van der Waals surface area contributed by atoms with Crippen molar-refractivity contribution in [2.75, 3.05) is 18.5 Å². The summed E-state index contributed by atoms with van der Waals surface area (Å²) in [7, 11) is 0. The number of nitrogens with two attached hydrogens (primary N) is 1. The minimum atomic E-state index is -0.203. The Morgan fingerprint density at radius 1 is 1.36 bits per heavy atom. The van der Waals surface area contributed by atoms with Gasteiger partial charge in [-0.2, -0.15) is 0 Å². The second kappa shape index (κ2) is 6.89. The zero-order chi connectivity index (χ0) is 15.4. The summed E-state index contributed by atoms with van der Waals surface area (Å²) < 4.78 is 5.67. The van der Waals surface area contributed by atoms with Crippen LogP contribution in [0.2, 0.25) is 0 Å². The van der Waals surface area contributed by atoms with Gasteiger partial charge in [0.25, 0.3) is 5.91 Å². The van der Waals surface area contributed by atoms with Crippen LogP contribution < -0.4 is 15.8 Å². The monoisotopic (exact) mass is 317 g/mol. The van der Waals surface area contributed by atoms with E-state index in [4.69, 9.17) is 10.5 Å². The van der Waals surface area contributed by atoms with Crippen molar-refractivity contribution in [2.24, 2.45) is 11.7 Å². The van der Waals surface area contributed by atoms with Crippen LogP contribution in [-0.2, 0) is 6.42 Å². The zero-order valence-corrected chi connectivity index (χ0v) is 13.1. The summed E-state index contributed by atoms with van der Waals surface area (Å²) in [6.07, 6.45) is 3.24. The van der Waals surface area contributed by atoms with Crippen LogP contribution >= 0.6 is 11.3 Å². The lowest BCUT2D eigenvalue weighted by molar-refractivity contribution is 0.102. The molecule has 1 aliphatic carbocycles. The minimum absolute atomic E-state index is 0.203. The Labute approximate surface area is 133 Å². The van der Waals surface area contributed by atoms with E-state index < -0.39 is 0 Å². The molecule has 0 atom stereocenters. The van der Waals surface area contributed by atoms with Crippen LogP contribution in [0, 0.1) is 5.92 Å². The summed E-state index contributed by atoms with van der Waals surface area (Å²) in [6, 6.07) is 7.43. The number of anilines is 1. The number of thiazole rings is 1. The van der Waals surface area contributed by atoms with E-state index in [9.17, 15) is 4.79 Å². The molecule has 0 aliphatic heterocycles. The van der Waals surface area contributed by atoms with Gasteiger partial charge in [-0.1, -0.05) is 0 Å². The van der Waals surface area contributed by atoms with Gasteiger partial charge >= 0.3 is 0 Å². The van der Waals surface area contributed by atoms with Crippen molar-refractivity contribution in [3.63, 3.8) is 0 Å². The lowest BCUT2D eigenvalue weighted by atomic mass is 10.3. The first-order chi connectivity index (χ1) is 10.7. The molecule has 22 heavy (non-hydrogen) atoms. The van der Waals surface area contributed by atoms with E-state index in [0.29, 0.717) is 18.7 Å². The number of ether oxygens (including phenoxy) is 1. The molecule has 1 saturated carbocycles. The molecular formula is C16H19N3O2S. The maximum atomic E-state index is 12.1. The number of hydrogen-bond donors (Lipinski definition) is 2. The molecule has 0 bridgehead atoms. The Hall–Kier alpha value is -1.92. The molecule has 5 nitrogen and oxygen atoms in total. The van der Waals surface area contributed by atoms with E-state index in [2.05, 4.69) is 10.3 Å². The molecule has 3 rings (SSSR count). The number of rotatable bonds is 7. The van der Waals surface area contributed by atoms with Gasteiger partial charge in [0.1, 0.15) is 11.4 Å². The van der Waals surface area contributed by atoms with Gasteiger partial charge in [0.15, 0.2) is 0 Å². The van der Waals surface area contributed by atoms with Crippen LogP contribution in [0.4, 0.5) is 5.69 Å². The normalized spacial score (nSPS) is 13.9. The Bertz CT molecular complexity index is 635. The maximum absolute atomic E-state index is 12.1. The third-order valence-corrected chi connectivity index (χ3v) is 4.35. The van der Waals surface area contributed by atoms with Gasteiger partial charge < -0.3 is 15.8 Å². The van der Waals surface area contributed by atoms with E-state index in [0.717, 1.165) is 29.0 Å². The molecule has 1 heterocycles. The summed E-state index contributed by atoms with van der Waals surface area (Å²) >= 11 is 1.46. The van der Waals surface area contributed by atoms with Crippen molar-refractivity contribution >= 4 is 22.9 Å². The van der Waals surface area contributed by atoms with Crippen molar-refractivity contribution in [1.82, 2.24) is 4.98 Å². The molecule has 0 saturated heterocycles. The van der Waals surface area contributed by atoms with Gasteiger partial charge in [-0.05, 0) is 49.6 Å². The number of nitrogens with zero attached hydrogens (tertiary/aromatic N) is 1. The molecule has 1 amide bonds. The summed E-state index contributed by atoms with van der Waals surface area (Å²) in [5.74, 6) is 1.36. The fourth-order valence-electron chi connectivity index (χ4n) is 1.98. The predicted octanol–water partition coefficient (Wildman–Crippen LogP) is 2.69. The maximum Gasteiger partial charge on any atom is 0.275 e. The molecule has 6 heteroatoms. The average molecular weight is 317 g/mol. The largest absolute Gasteiger partial charge is 0.493 e. The lowest BCUT2D eigenvalue weighted by Gasteiger charge is -2.07. The quantitative estimate of drug-likeness (QED) is 0.823. The Balaban J connectivity index is 1.55. The molecule has 0 unspecified atom stereocenters. The molecule has 1 aromatic heterocycles. The number of benzene rings is 1. The third-order valence-electron chi connectivity index (χ3n) is 3.44. The van der Waals surface area contributed by atoms with Crippen molar-refractivity contribution in [3.05, 3.63) is 40.3 Å². The molecule has 1 aliphatic rings. The summed E-state index contributed by atoms with van der Waals surface area (Å²) in [4.78, 5) is 16.4. The fourth-order valence-corrected chi connectivity index (χ4v) is 2.78. The predicted molar refractivity (Wildman–Crippen MR) is 87.5 cm³/mol. The highest BCUT2D eigenvalue weighted by Crippen LogP contribution is 2.29. The standard InChI is InChI=1S/C16H19N3O2S/c17-8-7-15-19-14(10-22-15)16(20)18-12-3-5-13(6-4-12)21-9-11-1-2-11/h3-6,10-11H,1-2,7-9,17H2,(H,18,20). The minimum Gasteiger partial charge on any atom is -0.493 e. The van der Waals surface area contributed by atoms with Gasteiger partial charge in [0.05, 0.1) is 11.6 Å². The first-order valence-electron chi connectivity index (χ1n) is 7.43. The zero-order valence-electron chi connectivity index (χ0n) is 12.2. The average Bonchev–Trinajstić information content (AvgIpc) is 3.24. The number of carbonyl (C=O) groups excluding carboxylic acids is 1. The first-order valence-corrected chi connectivity index (χ1v) is 8.31. The highest BCUT2D eigenvalue weighted by Gasteiger charge is 2.21. The third kappa shape index (κ3) is 4.05.